The van der Waals surface area contributed by atoms with Gasteiger partial charge in [0.1, 0.15) is 5.82 Å². The van der Waals surface area contributed by atoms with Crippen molar-refractivity contribution in [1.29, 1.82) is 0 Å². The van der Waals surface area contributed by atoms with Crippen molar-refractivity contribution in [3.63, 3.8) is 0 Å². The van der Waals surface area contributed by atoms with Gasteiger partial charge in [0.05, 0.1) is 11.1 Å². The molecule has 4 N–H and O–H groups in total. The van der Waals surface area contributed by atoms with Crippen LogP contribution in [-0.2, 0) is 0 Å². The van der Waals surface area contributed by atoms with Gasteiger partial charge in [0.2, 0.25) is 0 Å². The number of hydrazine groups is 1. The van der Waals surface area contributed by atoms with Crippen LogP contribution >= 0.6 is 0 Å². The Balaban J connectivity index is 1.86. The van der Waals surface area contributed by atoms with Crippen LogP contribution in [0.2, 0.25) is 0 Å². The maximum Gasteiger partial charge on any atom is 0.252 e. The molecule has 0 saturated heterocycles. The highest BCUT2D eigenvalue weighted by atomic mass is 16.1. The van der Waals surface area contributed by atoms with Crippen LogP contribution in [0.4, 0.5) is 5.82 Å². The molecule has 0 aliphatic heterocycles. The lowest BCUT2D eigenvalue weighted by atomic mass is 10.1. The summed E-state index contributed by atoms with van der Waals surface area (Å²) in [5, 5.41) is 3.86. The van der Waals surface area contributed by atoms with E-state index in [9.17, 15) is 4.79 Å². The van der Waals surface area contributed by atoms with Crippen LogP contribution in [0.25, 0.3) is 10.9 Å². The van der Waals surface area contributed by atoms with Gasteiger partial charge in [-0.25, -0.2) is 10.8 Å². The average Bonchev–Trinajstić information content (AvgIpc) is 3.10. The molecule has 1 unspecified atom stereocenters. The molecular weight excluding hydrogens is 264 g/mol. The number of fused-ring (bicyclic) bond motifs is 1. The first-order chi connectivity index (χ1) is 10.0. The zero-order valence-electron chi connectivity index (χ0n) is 12.3. The number of carbonyl (C=O) groups excluding carboxylic acids is 1. The summed E-state index contributed by atoms with van der Waals surface area (Å²) in [7, 11) is 0. The molecule has 110 valence electrons. The quantitative estimate of drug-likeness (QED) is 0.594. The van der Waals surface area contributed by atoms with Crippen molar-refractivity contribution in [3.05, 3.63) is 35.9 Å². The largest absolute Gasteiger partial charge is 0.352 e. The van der Waals surface area contributed by atoms with Crippen LogP contribution < -0.4 is 16.6 Å². The molecule has 1 aliphatic carbocycles. The second-order valence-electron chi connectivity index (χ2n) is 6.32. The van der Waals surface area contributed by atoms with Gasteiger partial charge < -0.3 is 10.7 Å². The SMILES string of the molecule is CC1(C)CC1CNC(=O)c1cc(NN)nc2ccccc12. The third kappa shape index (κ3) is 2.69. The lowest BCUT2D eigenvalue weighted by molar-refractivity contribution is 0.0952. The fourth-order valence-electron chi connectivity index (χ4n) is 2.67. The number of para-hydroxylation sites is 1. The average molecular weight is 284 g/mol. The van der Waals surface area contributed by atoms with E-state index in [4.69, 9.17) is 5.84 Å². The highest BCUT2D eigenvalue weighted by Crippen LogP contribution is 2.51. The van der Waals surface area contributed by atoms with Crippen molar-refractivity contribution >= 4 is 22.6 Å². The highest BCUT2D eigenvalue weighted by molar-refractivity contribution is 6.06. The molecule has 1 saturated carbocycles. The third-order valence-corrected chi connectivity index (χ3v) is 4.34. The van der Waals surface area contributed by atoms with E-state index < -0.39 is 0 Å². The molecule has 1 amide bonds. The van der Waals surface area contributed by atoms with Crippen molar-refractivity contribution in [2.75, 3.05) is 12.0 Å². The van der Waals surface area contributed by atoms with Crippen molar-refractivity contribution in [1.82, 2.24) is 10.3 Å². The van der Waals surface area contributed by atoms with Crippen LogP contribution in [0.1, 0.15) is 30.6 Å². The van der Waals surface area contributed by atoms with Crippen LogP contribution in [-0.4, -0.2) is 17.4 Å². The fraction of sp³-hybridized carbons (Fsp3) is 0.375. The summed E-state index contributed by atoms with van der Waals surface area (Å²) in [5.41, 5.74) is 4.23. The first-order valence-electron chi connectivity index (χ1n) is 7.16. The number of pyridine rings is 1. The first-order valence-corrected chi connectivity index (χ1v) is 7.16. The van der Waals surface area contributed by atoms with Gasteiger partial charge in [0.25, 0.3) is 5.91 Å². The number of aromatic nitrogens is 1. The first kappa shape index (κ1) is 13.8. The minimum atomic E-state index is -0.0761. The number of nitrogens with zero attached hydrogens (tertiary/aromatic N) is 1. The smallest absolute Gasteiger partial charge is 0.252 e. The predicted molar refractivity (Wildman–Crippen MR) is 83.8 cm³/mol. The molecule has 1 aromatic heterocycles. The van der Waals surface area contributed by atoms with E-state index in [2.05, 4.69) is 29.6 Å². The van der Waals surface area contributed by atoms with Crippen LogP contribution in [0.3, 0.4) is 0 Å². The number of benzene rings is 1. The molecule has 2 aromatic rings. The van der Waals surface area contributed by atoms with E-state index in [-0.39, 0.29) is 5.91 Å². The molecule has 5 nitrogen and oxygen atoms in total. The van der Waals surface area contributed by atoms with Gasteiger partial charge in [0, 0.05) is 11.9 Å². The number of nitrogens with two attached hydrogens (primary N) is 1. The summed E-state index contributed by atoms with van der Waals surface area (Å²) in [4.78, 5) is 16.8. The molecule has 1 aromatic carbocycles. The summed E-state index contributed by atoms with van der Waals surface area (Å²) >= 11 is 0. The molecule has 1 fully saturated rings. The van der Waals surface area contributed by atoms with E-state index in [0.717, 1.165) is 10.9 Å². The molecule has 1 heterocycles. The third-order valence-electron chi connectivity index (χ3n) is 4.34. The molecule has 21 heavy (non-hydrogen) atoms. The van der Waals surface area contributed by atoms with Gasteiger partial charge in [-0.2, -0.15) is 0 Å². The van der Waals surface area contributed by atoms with Crippen LogP contribution in [0.15, 0.2) is 30.3 Å². The van der Waals surface area contributed by atoms with Gasteiger partial charge in [-0.15, -0.1) is 0 Å². The maximum absolute atomic E-state index is 12.5. The Morgan fingerprint density at radius 2 is 2.14 bits per heavy atom. The number of hydrogen-bond acceptors (Lipinski definition) is 4. The van der Waals surface area contributed by atoms with Crippen LogP contribution in [0, 0.1) is 11.3 Å². The normalized spacial score (nSPS) is 19.3. The topological polar surface area (TPSA) is 80.0 Å². The predicted octanol–water partition coefficient (Wildman–Crippen LogP) is 2.30. The number of nitrogen functional groups attached to an aromatic ring is 1. The monoisotopic (exact) mass is 284 g/mol. The van der Waals surface area contributed by atoms with E-state index in [1.807, 2.05) is 24.3 Å². The molecule has 1 aliphatic rings. The van der Waals surface area contributed by atoms with Crippen molar-refractivity contribution in [2.24, 2.45) is 17.2 Å². The minimum absolute atomic E-state index is 0.0761. The number of anilines is 1. The van der Waals surface area contributed by atoms with E-state index in [1.165, 1.54) is 6.42 Å². The van der Waals surface area contributed by atoms with Crippen molar-refractivity contribution in [3.8, 4) is 0 Å². The minimum Gasteiger partial charge on any atom is -0.352 e. The van der Waals surface area contributed by atoms with Crippen molar-refractivity contribution < 1.29 is 4.79 Å². The molecule has 1 atom stereocenters. The van der Waals surface area contributed by atoms with E-state index >= 15 is 0 Å². The van der Waals surface area contributed by atoms with Crippen LogP contribution in [0.5, 0.6) is 0 Å². The molecule has 0 spiro atoms. The summed E-state index contributed by atoms with van der Waals surface area (Å²) in [6, 6.07) is 9.26. The standard InChI is InChI=1S/C16H20N4O/c1-16(2)8-10(16)9-18-15(21)12-7-14(20-17)19-13-6-4-3-5-11(12)13/h3-7,10H,8-9,17H2,1-2H3,(H,18,21)(H,19,20). The summed E-state index contributed by atoms with van der Waals surface area (Å²) < 4.78 is 0. The lowest BCUT2D eigenvalue weighted by Gasteiger charge is -2.10. The Morgan fingerprint density at radius 3 is 2.81 bits per heavy atom. The van der Waals surface area contributed by atoms with E-state index in [1.54, 1.807) is 6.07 Å². The second-order valence-corrected chi connectivity index (χ2v) is 6.32. The number of hydrogen-bond donors (Lipinski definition) is 3. The number of rotatable bonds is 4. The van der Waals surface area contributed by atoms with Gasteiger partial charge in [-0.05, 0) is 29.9 Å². The molecular formula is C16H20N4O. The summed E-state index contributed by atoms with van der Waals surface area (Å²) in [6.45, 7) is 5.16. The fourth-order valence-corrected chi connectivity index (χ4v) is 2.67. The van der Waals surface area contributed by atoms with E-state index in [0.29, 0.717) is 29.3 Å². The zero-order chi connectivity index (χ0) is 15.0. The number of nitrogens with one attached hydrogen (secondary N) is 2. The van der Waals surface area contributed by atoms with Gasteiger partial charge in [-0.1, -0.05) is 32.0 Å². The van der Waals surface area contributed by atoms with Crippen molar-refractivity contribution in [2.45, 2.75) is 20.3 Å². The Bertz CT molecular complexity index is 696. The maximum atomic E-state index is 12.5. The molecule has 0 radical (unpaired) electrons. The van der Waals surface area contributed by atoms with Gasteiger partial charge >= 0.3 is 0 Å². The Labute approximate surface area is 123 Å². The Morgan fingerprint density at radius 1 is 1.43 bits per heavy atom. The summed E-state index contributed by atoms with van der Waals surface area (Å²) in [6.07, 6.45) is 1.17. The van der Waals surface area contributed by atoms with Gasteiger partial charge in [0.15, 0.2) is 0 Å². The Hall–Kier alpha value is -2.14. The molecule has 0 bridgehead atoms. The lowest BCUT2D eigenvalue weighted by Crippen LogP contribution is -2.27. The summed E-state index contributed by atoms with van der Waals surface area (Å²) in [5.74, 6) is 6.42. The zero-order valence-corrected chi connectivity index (χ0v) is 12.3. The molecule has 5 heteroatoms. The number of amides is 1. The van der Waals surface area contributed by atoms with Gasteiger partial charge in [-0.3, -0.25) is 4.79 Å². The Kier molecular flexibility index (Phi) is 3.29. The second kappa shape index (κ2) is 5.00. The highest BCUT2D eigenvalue weighted by Gasteiger charge is 2.45. The number of carbonyl (C=O) groups is 1. The molecule has 3 rings (SSSR count).